The van der Waals surface area contributed by atoms with Crippen LogP contribution in [0.5, 0.6) is 5.75 Å². The van der Waals surface area contributed by atoms with Crippen molar-refractivity contribution in [1.29, 1.82) is 0 Å². The lowest BCUT2D eigenvalue weighted by molar-refractivity contribution is 0.102. The number of pyridine rings is 1. The van der Waals surface area contributed by atoms with E-state index in [-0.39, 0.29) is 5.91 Å². The molecule has 0 unspecified atom stereocenters. The topological polar surface area (TPSA) is 51.2 Å². The van der Waals surface area contributed by atoms with Gasteiger partial charge >= 0.3 is 0 Å². The van der Waals surface area contributed by atoms with Gasteiger partial charge in [-0.1, -0.05) is 0 Å². The van der Waals surface area contributed by atoms with Gasteiger partial charge < -0.3 is 10.1 Å². The van der Waals surface area contributed by atoms with E-state index < -0.39 is 0 Å². The third-order valence-electron chi connectivity index (χ3n) is 2.39. The van der Waals surface area contributed by atoms with Crippen molar-refractivity contribution in [3.05, 3.63) is 51.2 Å². The smallest absolute Gasteiger partial charge is 0.257 e. The number of aromatic nitrogens is 1. The van der Waals surface area contributed by atoms with Gasteiger partial charge in [-0.25, -0.2) is 0 Å². The third-order valence-corrected chi connectivity index (χ3v) is 3.51. The second-order valence-electron chi connectivity index (χ2n) is 3.69. The molecule has 1 amide bonds. The molecule has 1 heterocycles. The van der Waals surface area contributed by atoms with Crippen molar-refractivity contribution >= 4 is 43.5 Å². The SMILES string of the molecule is COc1ccc(Br)c(NC(=O)c2cncc(Br)c2)c1. The predicted octanol–water partition coefficient (Wildman–Crippen LogP) is 3.87. The summed E-state index contributed by atoms with van der Waals surface area (Å²) in [6.07, 6.45) is 3.13. The average Bonchev–Trinajstić information content (AvgIpc) is 2.41. The van der Waals surface area contributed by atoms with Crippen molar-refractivity contribution < 1.29 is 9.53 Å². The molecular weight excluding hydrogens is 376 g/mol. The first-order valence-electron chi connectivity index (χ1n) is 5.35. The summed E-state index contributed by atoms with van der Waals surface area (Å²) in [7, 11) is 1.58. The Hall–Kier alpha value is -1.40. The Morgan fingerprint density at radius 1 is 1.26 bits per heavy atom. The van der Waals surface area contributed by atoms with Crippen molar-refractivity contribution in [2.24, 2.45) is 0 Å². The summed E-state index contributed by atoms with van der Waals surface area (Å²) >= 11 is 6.66. The molecule has 1 aromatic heterocycles. The minimum Gasteiger partial charge on any atom is -0.497 e. The normalized spacial score (nSPS) is 10.1. The highest BCUT2D eigenvalue weighted by Crippen LogP contribution is 2.27. The maximum absolute atomic E-state index is 12.1. The second kappa shape index (κ2) is 6.16. The number of amides is 1. The quantitative estimate of drug-likeness (QED) is 0.872. The van der Waals surface area contributed by atoms with Crippen molar-refractivity contribution in [1.82, 2.24) is 4.98 Å². The summed E-state index contributed by atoms with van der Waals surface area (Å²) in [6, 6.07) is 7.07. The molecule has 0 aliphatic heterocycles. The number of nitrogens with zero attached hydrogens (tertiary/aromatic N) is 1. The number of ether oxygens (including phenoxy) is 1. The molecule has 0 radical (unpaired) electrons. The molecule has 19 heavy (non-hydrogen) atoms. The van der Waals surface area contributed by atoms with Crippen molar-refractivity contribution in [2.45, 2.75) is 0 Å². The number of hydrogen-bond donors (Lipinski definition) is 1. The van der Waals surface area contributed by atoms with E-state index in [1.165, 1.54) is 6.20 Å². The van der Waals surface area contributed by atoms with Crippen LogP contribution in [0.25, 0.3) is 0 Å². The Morgan fingerprint density at radius 2 is 2.05 bits per heavy atom. The molecule has 0 aliphatic rings. The largest absolute Gasteiger partial charge is 0.497 e. The summed E-state index contributed by atoms with van der Waals surface area (Å²) in [5.74, 6) is 0.439. The van der Waals surface area contributed by atoms with Crippen LogP contribution in [0.1, 0.15) is 10.4 Å². The van der Waals surface area contributed by atoms with Gasteiger partial charge in [0.2, 0.25) is 0 Å². The fourth-order valence-corrected chi connectivity index (χ4v) is 2.17. The van der Waals surface area contributed by atoms with E-state index in [1.54, 1.807) is 31.5 Å². The van der Waals surface area contributed by atoms with E-state index in [9.17, 15) is 4.79 Å². The van der Waals surface area contributed by atoms with Gasteiger partial charge in [-0.15, -0.1) is 0 Å². The number of methoxy groups -OCH3 is 1. The van der Waals surface area contributed by atoms with Gasteiger partial charge in [0.15, 0.2) is 0 Å². The van der Waals surface area contributed by atoms with E-state index in [1.807, 2.05) is 6.07 Å². The number of benzene rings is 1. The highest BCUT2D eigenvalue weighted by atomic mass is 79.9. The Labute approximate surface area is 127 Å². The first kappa shape index (κ1) is 14.0. The molecule has 0 saturated carbocycles. The van der Waals surface area contributed by atoms with Gasteiger partial charge in [0, 0.05) is 27.4 Å². The van der Waals surface area contributed by atoms with Crippen molar-refractivity contribution in [2.75, 3.05) is 12.4 Å². The fourth-order valence-electron chi connectivity index (χ4n) is 1.46. The van der Waals surface area contributed by atoms with Crippen LogP contribution in [0.4, 0.5) is 5.69 Å². The van der Waals surface area contributed by atoms with E-state index >= 15 is 0 Å². The number of hydrogen-bond acceptors (Lipinski definition) is 3. The summed E-state index contributed by atoms with van der Waals surface area (Å²) in [5, 5.41) is 2.80. The van der Waals surface area contributed by atoms with Gasteiger partial charge in [-0.2, -0.15) is 0 Å². The first-order valence-corrected chi connectivity index (χ1v) is 6.94. The van der Waals surface area contributed by atoms with Crippen LogP contribution >= 0.6 is 31.9 Å². The molecule has 98 valence electrons. The Bertz CT molecular complexity index is 617. The molecule has 1 aromatic carbocycles. The lowest BCUT2D eigenvalue weighted by atomic mass is 10.2. The molecule has 0 spiro atoms. The van der Waals surface area contributed by atoms with Gasteiger partial charge in [-0.05, 0) is 50.1 Å². The number of carbonyl (C=O) groups excluding carboxylic acids is 1. The Balaban J connectivity index is 2.23. The Kier molecular flexibility index (Phi) is 4.55. The predicted molar refractivity (Wildman–Crippen MR) is 80.6 cm³/mol. The number of anilines is 1. The van der Waals surface area contributed by atoms with Crippen molar-refractivity contribution in [3.8, 4) is 5.75 Å². The number of carbonyl (C=O) groups is 1. The molecule has 4 nitrogen and oxygen atoms in total. The van der Waals surface area contributed by atoms with Gasteiger partial charge in [0.05, 0.1) is 18.4 Å². The highest BCUT2D eigenvalue weighted by Gasteiger charge is 2.10. The van der Waals surface area contributed by atoms with E-state index in [0.717, 1.165) is 8.95 Å². The summed E-state index contributed by atoms with van der Waals surface area (Å²) in [5.41, 5.74) is 1.12. The molecule has 1 N–H and O–H groups in total. The molecule has 2 rings (SSSR count). The van der Waals surface area contributed by atoms with Crippen LogP contribution in [0.15, 0.2) is 45.6 Å². The van der Waals surface area contributed by atoms with Crippen LogP contribution in [-0.2, 0) is 0 Å². The minimum atomic E-state index is -0.234. The fraction of sp³-hybridized carbons (Fsp3) is 0.0769. The maximum atomic E-state index is 12.1. The first-order chi connectivity index (χ1) is 9.10. The van der Waals surface area contributed by atoms with Gasteiger partial charge in [0.25, 0.3) is 5.91 Å². The number of nitrogens with one attached hydrogen (secondary N) is 1. The average molecular weight is 386 g/mol. The van der Waals surface area contributed by atoms with Gasteiger partial charge in [0.1, 0.15) is 5.75 Å². The lowest BCUT2D eigenvalue weighted by Crippen LogP contribution is -2.12. The molecule has 2 aromatic rings. The summed E-state index contributed by atoms with van der Waals surface area (Å²) in [6.45, 7) is 0. The molecule has 0 saturated heterocycles. The molecule has 0 aliphatic carbocycles. The van der Waals surface area contributed by atoms with Crippen LogP contribution in [-0.4, -0.2) is 18.0 Å². The Morgan fingerprint density at radius 3 is 2.74 bits per heavy atom. The minimum absolute atomic E-state index is 0.234. The second-order valence-corrected chi connectivity index (χ2v) is 5.46. The van der Waals surface area contributed by atoms with E-state index in [4.69, 9.17) is 4.74 Å². The number of rotatable bonds is 3. The van der Waals surface area contributed by atoms with E-state index in [2.05, 4.69) is 42.2 Å². The zero-order valence-electron chi connectivity index (χ0n) is 9.98. The van der Waals surface area contributed by atoms with Gasteiger partial charge in [-0.3, -0.25) is 9.78 Å². The summed E-state index contributed by atoms with van der Waals surface area (Å²) in [4.78, 5) is 16.0. The molecule has 0 fully saturated rings. The van der Waals surface area contributed by atoms with Crippen LogP contribution < -0.4 is 10.1 Å². The van der Waals surface area contributed by atoms with Crippen LogP contribution in [0.2, 0.25) is 0 Å². The highest BCUT2D eigenvalue weighted by molar-refractivity contribution is 9.10. The number of halogens is 2. The van der Waals surface area contributed by atoms with Crippen LogP contribution in [0, 0.1) is 0 Å². The lowest BCUT2D eigenvalue weighted by Gasteiger charge is -2.09. The monoisotopic (exact) mass is 384 g/mol. The standard InChI is InChI=1S/C13H10Br2N2O2/c1-19-10-2-3-11(15)12(5-10)17-13(18)8-4-9(14)7-16-6-8/h2-7H,1H3,(H,17,18). The van der Waals surface area contributed by atoms with Crippen molar-refractivity contribution in [3.63, 3.8) is 0 Å². The molecular formula is C13H10Br2N2O2. The zero-order valence-corrected chi connectivity index (χ0v) is 13.2. The molecule has 0 atom stereocenters. The molecule has 6 heteroatoms. The summed E-state index contributed by atoms with van der Waals surface area (Å²) < 4.78 is 6.66. The maximum Gasteiger partial charge on any atom is 0.257 e. The zero-order chi connectivity index (χ0) is 13.8. The van der Waals surface area contributed by atoms with E-state index in [0.29, 0.717) is 17.0 Å². The molecule has 0 bridgehead atoms. The third kappa shape index (κ3) is 3.54. The van der Waals surface area contributed by atoms with Crippen LogP contribution in [0.3, 0.4) is 0 Å².